The fraction of sp³-hybridized carbons (Fsp3) is 0.316. The Balaban J connectivity index is 1.95. The van der Waals surface area contributed by atoms with Crippen molar-refractivity contribution in [2.24, 2.45) is 0 Å². The van der Waals surface area contributed by atoms with E-state index in [2.05, 4.69) is 5.32 Å². The minimum absolute atomic E-state index is 0.152. The van der Waals surface area contributed by atoms with E-state index in [4.69, 9.17) is 9.47 Å². The summed E-state index contributed by atoms with van der Waals surface area (Å²) in [7, 11) is 3.31. The maximum Gasteiger partial charge on any atom is 0.296 e. The van der Waals surface area contributed by atoms with Gasteiger partial charge in [0.25, 0.3) is 11.6 Å². The zero-order valence-electron chi connectivity index (χ0n) is 15.7. The summed E-state index contributed by atoms with van der Waals surface area (Å²) >= 11 is 0. The minimum Gasteiger partial charge on any atom is -0.496 e. The highest BCUT2D eigenvalue weighted by molar-refractivity contribution is 5.93. The van der Waals surface area contributed by atoms with Crippen LogP contribution in [0.2, 0.25) is 0 Å². The Hall–Kier alpha value is -3.13. The number of hydrogen-bond acceptors (Lipinski definition) is 5. The molecule has 2 rings (SSSR count). The third-order valence-corrected chi connectivity index (χ3v) is 3.88. The number of ether oxygens (including phenoxy) is 2. The Morgan fingerprint density at radius 2 is 1.85 bits per heavy atom. The van der Waals surface area contributed by atoms with Crippen molar-refractivity contribution >= 4 is 17.3 Å². The van der Waals surface area contributed by atoms with Crippen molar-refractivity contribution in [3.05, 3.63) is 58.1 Å². The predicted molar refractivity (Wildman–Crippen MR) is 101 cm³/mol. The van der Waals surface area contributed by atoms with Gasteiger partial charge in [-0.3, -0.25) is 14.9 Å². The minimum atomic E-state index is -0.547. The van der Waals surface area contributed by atoms with E-state index in [1.165, 1.54) is 19.2 Å². The van der Waals surface area contributed by atoms with Crippen molar-refractivity contribution in [3.8, 4) is 11.5 Å². The fourth-order valence-corrected chi connectivity index (χ4v) is 2.64. The maximum atomic E-state index is 12.3. The molecule has 1 amide bonds. The van der Waals surface area contributed by atoms with E-state index >= 15 is 0 Å². The quantitative estimate of drug-likeness (QED) is 0.514. The molecule has 2 aromatic rings. The SMILES string of the molecule is CCOc1ccc(C[NH+](C)CC(=O)Nc2ccc(OC)cc2[N+](=O)[O-])cc1. The van der Waals surface area contributed by atoms with Crippen molar-refractivity contribution in [1.29, 1.82) is 0 Å². The number of carbonyl (C=O) groups excluding carboxylic acids is 1. The average molecular weight is 374 g/mol. The van der Waals surface area contributed by atoms with Crippen molar-refractivity contribution < 1.29 is 24.1 Å². The van der Waals surface area contributed by atoms with E-state index in [9.17, 15) is 14.9 Å². The molecular weight excluding hydrogens is 350 g/mol. The lowest BCUT2D eigenvalue weighted by Gasteiger charge is -2.14. The molecule has 0 radical (unpaired) electrons. The number of anilines is 1. The van der Waals surface area contributed by atoms with Gasteiger partial charge in [0.1, 0.15) is 23.7 Å². The van der Waals surface area contributed by atoms with Gasteiger partial charge in [-0.15, -0.1) is 0 Å². The Kier molecular flexibility index (Phi) is 7.13. The number of quaternary nitrogens is 1. The average Bonchev–Trinajstić information content (AvgIpc) is 2.63. The molecule has 0 bridgehead atoms. The largest absolute Gasteiger partial charge is 0.496 e. The Labute approximate surface area is 157 Å². The van der Waals surface area contributed by atoms with Crippen LogP contribution in [0.15, 0.2) is 42.5 Å². The Bertz CT molecular complexity index is 792. The van der Waals surface area contributed by atoms with Gasteiger partial charge < -0.3 is 19.7 Å². The first-order valence-electron chi connectivity index (χ1n) is 8.58. The van der Waals surface area contributed by atoms with Crippen molar-refractivity contribution in [2.75, 3.05) is 32.6 Å². The molecule has 144 valence electrons. The number of benzene rings is 2. The van der Waals surface area contributed by atoms with Crippen molar-refractivity contribution in [3.63, 3.8) is 0 Å². The van der Waals surface area contributed by atoms with Crippen LogP contribution in [-0.2, 0) is 11.3 Å². The summed E-state index contributed by atoms with van der Waals surface area (Å²) < 4.78 is 10.4. The molecule has 0 saturated carbocycles. The molecule has 0 aliphatic heterocycles. The third-order valence-electron chi connectivity index (χ3n) is 3.88. The van der Waals surface area contributed by atoms with Crippen LogP contribution in [0.4, 0.5) is 11.4 Å². The smallest absolute Gasteiger partial charge is 0.296 e. The zero-order chi connectivity index (χ0) is 19.8. The third kappa shape index (κ3) is 5.96. The number of hydrogen-bond donors (Lipinski definition) is 2. The number of nitro groups is 1. The Morgan fingerprint density at radius 1 is 1.19 bits per heavy atom. The molecule has 2 N–H and O–H groups in total. The first-order valence-corrected chi connectivity index (χ1v) is 8.58. The van der Waals surface area contributed by atoms with Gasteiger partial charge in [0.2, 0.25) is 0 Å². The molecule has 0 aromatic heterocycles. The summed E-state index contributed by atoms with van der Waals surface area (Å²) in [5.41, 5.74) is 1.02. The molecule has 8 heteroatoms. The van der Waals surface area contributed by atoms with Crippen LogP contribution in [0.25, 0.3) is 0 Å². The molecule has 0 aliphatic rings. The molecule has 1 atom stereocenters. The summed E-state index contributed by atoms with van der Waals surface area (Å²) in [6, 6.07) is 12.0. The van der Waals surface area contributed by atoms with Gasteiger partial charge in [-0.05, 0) is 43.3 Å². The van der Waals surface area contributed by atoms with E-state index in [0.29, 0.717) is 18.9 Å². The highest BCUT2D eigenvalue weighted by Gasteiger charge is 2.19. The number of likely N-dealkylation sites (N-methyl/N-ethyl adjacent to an activating group) is 1. The normalized spacial score (nSPS) is 11.5. The van der Waals surface area contributed by atoms with E-state index in [0.717, 1.165) is 16.2 Å². The van der Waals surface area contributed by atoms with E-state index in [1.807, 2.05) is 38.2 Å². The fourth-order valence-electron chi connectivity index (χ4n) is 2.64. The monoisotopic (exact) mass is 374 g/mol. The maximum absolute atomic E-state index is 12.3. The van der Waals surface area contributed by atoms with E-state index in [-0.39, 0.29) is 23.8 Å². The van der Waals surface area contributed by atoms with Gasteiger partial charge in [-0.25, -0.2) is 0 Å². The topological polar surface area (TPSA) is 95.1 Å². The molecule has 8 nitrogen and oxygen atoms in total. The number of nitrogens with zero attached hydrogens (tertiary/aromatic N) is 1. The summed E-state index contributed by atoms with van der Waals surface area (Å²) in [5, 5.41) is 13.8. The second kappa shape index (κ2) is 9.54. The standard InChI is InChI=1S/C19H23N3O5/c1-4-27-15-7-5-14(6-8-15)12-21(2)13-19(23)20-17-10-9-16(26-3)11-18(17)22(24)25/h5-11H,4,12-13H2,1-3H3,(H,20,23)/p+1. The lowest BCUT2D eigenvalue weighted by atomic mass is 10.2. The van der Waals surface area contributed by atoms with Gasteiger partial charge in [-0.2, -0.15) is 0 Å². The molecule has 0 heterocycles. The van der Waals surface area contributed by atoms with Gasteiger partial charge >= 0.3 is 0 Å². The van der Waals surface area contributed by atoms with Crippen LogP contribution in [0.5, 0.6) is 11.5 Å². The molecular formula is C19H24N3O5+. The first-order chi connectivity index (χ1) is 12.9. The lowest BCUT2D eigenvalue weighted by molar-refractivity contribution is -0.885. The molecule has 2 aromatic carbocycles. The highest BCUT2D eigenvalue weighted by Crippen LogP contribution is 2.28. The molecule has 1 unspecified atom stereocenters. The van der Waals surface area contributed by atoms with E-state index in [1.54, 1.807) is 6.07 Å². The van der Waals surface area contributed by atoms with Crippen LogP contribution in [0.1, 0.15) is 12.5 Å². The predicted octanol–water partition coefficient (Wildman–Crippen LogP) is 1.66. The zero-order valence-corrected chi connectivity index (χ0v) is 15.7. The summed E-state index contributed by atoms with van der Waals surface area (Å²) in [6.45, 7) is 3.36. The van der Waals surface area contributed by atoms with Crippen molar-refractivity contribution in [2.45, 2.75) is 13.5 Å². The summed E-state index contributed by atoms with van der Waals surface area (Å²) in [5.74, 6) is 0.869. The lowest BCUT2D eigenvalue weighted by Crippen LogP contribution is -3.08. The summed E-state index contributed by atoms with van der Waals surface area (Å²) in [4.78, 5) is 23.9. The number of nitro benzene ring substituents is 1. The van der Waals surface area contributed by atoms with E-state index < -0.39 is 4.92 Å². The molecule has 0 spiro atoms. The van der Waals surface area contributed by atoms with Crippen LogP contribution in [0, 0.1) is 10.1 Å². The number of methoxy groups -OCH3 is 1. The first kappa shape index (κ1) is 20.2. The molecule has 0 fully saturated rings. The number of carbonyl (C=O) groups is 1. The highest BCUT2D eigenvalue weighted by atomic mass is 16.6. The second-order valence-corrected chi connectivity index (χ2v) is 6.08. The molecule has 0 aliphatic carbocycles. The van der Waals surface area contributed by atoms with Crippen LogP contribution >= 0.6 is 0 Å². The van der Waals surface area contributed by atoms with Crippen molar-refractivity contribution in [1.82, 2.24) is 0 Å². The molecule has 27 heavy (non-hydrogen) atoms. The van der Waals surface area contributed by atoms with Crippen LogP contribution in [0.3, 0.4) is 0 Å². The van der Waals surface area contributed by atoms with Gasteiger partial charge in [0.15, 0.2) is 6.54 Å². The molecule has 0 saturated heterocycles. The number of nitrogens with one attached hydrogen (secondary N) is 2. The second-order valence-electron chi connectivity index (χ2n) is 6.08. The summed E-state index contributed by atoms with van der Waals surface area (Å²) in [6.07, 6.45) is 0. The Morgan fingerprint density at radius 3 is 2.44 bits per heavy atom. The van der Waals surface area contributed by atoms with Crippen LogP contribution in [-0.4, -0.2) is 38.1 Å². The van der Waals surface area contributed by atoms with Gasteiger partial charge in [-0.1, -0.05) is 0 Å². The van der Waals surface area contributed by atoms with Gasteiger partial charge in [0, 0.05) is 5.56 Å². The van der Waals surface area contributed by atoms with Gasteiger partial charge in [0.05, 0.1) is 31.8 Å². The number of rotatable bonds is 9. The van der Waals surface area contributed by atoms with Crippen LogP contribution < -0.4 is 19.7 Å². The number of amides is 1.